The van der Waals surface area contributed by atoms with Crippen LogP contribution in [0.1, 0.15) is 6.99 Å². The van der Waals surface area contributed by atoms with Crippen molar-refractivity contribution in [1.82, 2.24) is 0 Å². The first kappa shape index (κ1) is 12.2. The standard InChI is InChI=1S/C9H8O3.Na.H/c10-8-4-1-7(2-5-8)3-6-9(11)12;;/h1-6,10H,(H,11,12);;/q;+1;-1. The number of hydrogen-bond donors (Lipinski definition) is 2. The molecule has 0 unspecified atom stereocenters. The van der Waals surface area contributed by atoms with Gasteiger partial charge in [-0.2, -0.15) is 0 Å². The van der Waals surface area contributed by atoms with Crippen LogP contribution >= 0.6 is 0 Å². The molecule has 1 aromatic rings. The van der Waals surface area contributed by atoms with Gasteiger partial charge in [0.15, 0.2) is 0 Å². The number of carbonyl (C=O) groups is 1. The predicted molar refractivity (Wildman–Crippen MR) is 45.9 cm³/mol. The third-order valence-electron chi connectivity index (χ3n) is 1.31. The van der Waals surface area contributed by atoms with Gasteiger partial charge in [0.1, 0.15) is 5.75 Å². The first-order valence-electron chi connectivity index (χ1n) is 3.38. The van der Waals surface area contributed by atoms with Crippen LogP contribution in [0.3, 0.4) is 0 Å². The molecule has 1 rings (SSSR count). The van der Waals surface area contributed by atoms with Crippen molar-refractivity contribution in [3.63, 3.8) is 0 Å². The first-order valence-corrected chi connectivity index (χ1v) is 3.38. The van der Waals surface area contributed by atoms with Crippen molar-refractivity contribution >= 4 is 12.0 Å². The van der Waals surface area contributed by atoms with Gasteiger partial charge in [0.25, 0.3) is 0 Å². The number of carboxylic acids is 1. The van der Waals surface area contributed by atoms with Crippen LogP contribution in [0.2, 0.25) is 0 Å². The van der Waals surface area contributed by atoms with E-state index in [-0.39, 0.29) is 36.7 Å². The van der Waals surface area contributed by atoms with Crippen LogP contribution in [0.4, 0.5) is 0 Å². The van der Waals surface area contributed by atoms with Crippen LogP contribution in [0.5, 0.6) is 5.75 Å². The van der Waals surface area contributed by atoms with E-state index in [0.29, 0.717) is 0 Å². The first-order chi connectivity index (χ1) is 5.68. The molecule has 0 aliphatic heterocycles. The molecule has 4 heteroatoms. The Labute approximate surface area is 99.5 Å². The summed E-state index contributed by atoms with van der Waals surface area (Å²) in [5.74, 6) is -0.814. The molecule has 0 radical (unpaired) electrons. The van der Waals surface area contributed by atoms with Crippen LogP contribution in [0.25, 0.3) is 6.08 Å². The van der Waals surface area contributed by atoms with Crippen molar-refractivity contribution in [2.75, 3.05) is 0 Å². The minimum Gasteiger partial charge on any atom is -1.00 e. The molecule has 1 aromatic carbocycles. The minimum absolute atomic E-state index is 0. The van der Waals surface area contributed by atoms with E-state index in [1.807, 2.05) is 0 Å². The molecule has 3 nitrogen and oxygen atoms in total. The van der Waals surface area contributed by atoms with Crippen LogP contribution in [-0.4, -0.2) is 16.2 Å². The number of aliphatic carboxylic acids is 1. The monoisotopic (exact) mass is 188 g/mol. The van der Waals surface area contributed by atoms with Crippen molar-refractivity contribution in [2.24, 2.45) is 0 Å². The average molecular weight is 188 g/mol. The van der Waals surface area contributed by atoms with Gasteiger partial charge in [-0.25, -0.2) is 4.79 Å². The van der Waals surface area contributed by atoms with E-state index < -0.39 is 5.97 Å². The summed E-state index contributed by atoms with van der Waals surface area (Å²) >= 11 is 0. The molecule has 64 valence electrons. The largest absolute Gasteiger partial charge is 1.00 e. The summed E-state index contributed by atoms with van der Waals surface area (Å²) in [6.45, 7) is 0. The quantitative estimate of drug-likeness (QED) is 0.443. The molecular weight excluding hydrogens is 179 g/mol. The summed E-state index contributed by atoms with van der Waals surface area (Å²) in [7, 11) is 0. The summed E-state index contributed by atoms with van der Waals surface area (Å²) in [5, 5.41) is 17.2. The Kier molecular flexibility index (Phi) is 5.46. The molecule has 13 heavy (non-hydrogen) atoms. The van der Waals surface area contributed by atoms with Gasteiger partial charge in [0.05, 0.1) is 0 Å². The van der Waals surface area contributed by atoms with Gasteiger partial charge in [-0.05, 0) is 23.8 Å². The Balaban J connectivity index is 0. The van der Waals surface area contributed by atoms with Crippen molar-refractivity contribution in [3.05, 3.63) is 35.9 Å². The summed E-state index contributed by atoms with van der Waals surface area (Å²) in [5.41, 5.74) is 0.746. The van der Waals surface area contributed by atoms with Crippen molar-refractivity contribution in [2.45, 2.75) is 0 Å². The van der Waals surface area contributed by atoms with E-state index in [2.05, 4.69) is 0 Å². The van der Waals surface area contributed by atoms with E-state index in [1.54, 1.807) is 12.1 Å². The maximum absolute atomic E-state index is 10.1. The normalized spacial score (nSPS) is 9.54. The second-order valence-electron chi connectivity index (χ2n) is 2.26. The molecule has 0 aliphatic rings. The fraction of sp³-hybridized carbons (Fsp3) is 0. The Morgan fingerprint density at radius 1 is 1.31 bits per heavy atom. The fourth-order valence-electron chi connectivity index (χ4n) is 0.753. The van der Waals surface area contributed by atoms with Crippen molar-refractivity contribution < 1.29 is 46.0 Å². The molecule has 0 atom stereocenters. The van der Waals surface area contributed by atoms with E-state index in [1.165, 1.54) is 18.2 Å². The van der Waals surface area contributed by atoms with Gasteiger partial charge in [-0.1, -0.05) is 12.1 Å². The maximum Gasteiger partial charge on any atom is 1.00 e. The SMILES string of the molecule is O=C(O)C=Cc1ccc(O)cc1.[H-].[Na+]. The van der Waals surface area contributed by atoms with Gasteiger partial charge in [0, 0.05) is 6.08 Å². The van der Waals surface area contributed by atoms with Gasteiger partial charge < -0.3 is 11.6 Å². The number of phenols is 1. The molecule has 0 fully saturated rings. The molecule has 0 aliphatic carbocycles. The zero-order chi connectivity index (χ0) is 8.97. The second-order valence-corrected chi connectivity index (χ2v) is 2.26. The topological polar surface area (TPSA) is 57.5 Å². The minimum atomic E-state index is -0.983. The van der Waals surface area contributed by atoms with Crippen LogP contribution in [0, 0.1) is 0 Å². The van der Waals surface area contributed by atoms with Crippen molar-refractivity contribution in [3.8, 4) is 5.75 Å². The average Bonchev–Trinajstić information content (AvgIpc) is 2.03. The fourth-order valence-corrected chi connectivity index (χ4v) is 0.753. The molecule has 0 heterocycles. The predicted octanol–water partition coefficient (Wildman–Crippen LogP) is -1.39. The van der Waals surface area contributed by atoms with E-state index in [9.17, 15) is 4.79 Å². The number of benzene rings is 1. The maximum atomic E-state index is 10.1. The third-order valence-corrected chi connectivity index (χ3v) is 1.31. The van der Waals surface area contributed by atoms with E-state index in [4.69, 9.17) is 10.2 Å². The summed E-state index contributed by atoms with van der Waals surface area (Å²) in [6.07, 6.45) is 2.51. The Hall–Kier alpha value is -0.770. The summed E-state index contributed by atoms with van der Waals surface area (Å²) in [4.78, 5) is 10.1. The molecule has 2 N–H and O–H groups in total. The number of rotatable bonds is 2. The Morgan fingerprint density at radius 2 is 1.85 bits per heavy atom. The molecule has 0 amide bonds. The molecule has 0 saturated heterocycles. The second kappa shape index (κ2) is 5.80. The van der Waals surface area contributed by atoms with Crippen LogP contribution in [-0.2, 0) is 4.79 Å². The van der Waals surface area contributed by atoms with Crippen molar-refractivity contribution in [1.29, 1.82) is 0 Å². The Morgan fingerprint density at radius 3 is 2.31 bits per heavy atom. The van der Waals surface area contributed by atoms with Gasteiger partial charge in [-0.15, -0.1) is 0 Å². The van der Waals surface area contributed by atoms with Crippen LogP contribution < -0.4 is 29.6 Å². The van der Waals surface area contributed by atoms with Crippen LogP contribution in [0.15, 0.2) is 30.3 Å². The number of phenolic OH excluding ortho intramolecular Hbond substituents is 1. The molecule has 0 spiro atoms. The third kappa shape index (κ3) is 4.72. The molecule has 0 aromatic heterocycles. The van der Waals surface area contributed by atoms with Gasteiger partial charge in [-0.3, -0.25) is 0 Å². The number of aromatic hydroxyl groups is 1. The summed E-state index contributed by atoms with van der Waals surface area (Å²) in [6, 6.07) is 6.27. The zero-order valence-corrected chi connectivity index (χ0v) is 9.27. The number of hydrogen-bond acceptors (Lipinski definition) is 2. The van der Waals surface area contributed by atoms with E-state index in [0.717, 1.165) is 11.6 Å². The molecule has 0 saturated carbocycles. The number of carboxylic acid groups (broad SMARTS) is 1. The summed E-state index contributed by atoms with van der Waals surface area (Å²) < 4.78 is 0. The smallest absolute Gasteiger partial charge is 1.00 e. The molecule has 0 bridgehead atoms. The van der Waals surface area contributed by atoms with Gasteiger partial charge >= 0.3 is 35.5 Å². The van der Waals surface area contributed by atoms with E-state index >= 15 is 0 Å². The van der Waals surface area contributed by atoms with Gasteiger partial charge in [0.2, 0.25) is 0 Å². The zero-order valence-electron chi connectivity index (χ0n) is 8.27. The molecular formula is C9H9NaO3. The Bertz CT molecular complexity index is 308.